The van der Waals surface area contributed by atoms with Crippen molar-refractivity contribution in [3.05, 3.63) is 107 Å². The molecule has 0 aromatic heterocycles. The van der Waals surface area contributed by atoms with Crippen molar-refractivity contribution < 1.29 is 19.4 Å². The van der Waals surface area contributed by atoms with Gasteiger partial charge in [0.2, 0.25) is 0 Å². The topological polar surface area (TPSA) is 75.6 Å². The van der Waals surface area contributed by atoms with Gasteiger partial charge in [0.15, 0.2) is 0 Å². The number of ether oxygens (including phenoxy) is 1. The first-order valence-electron chi connectivity index (χ1n) is 11.7. The number of hydrogen-bond acceptors (Lipinski definition) is 3. The van der Waals surface area contributed by atoms with E-state index in [0.29, 0.717) is 22.6 Å². The van der Waals surface area contributed by atoms with Crippen molar-refractivity contribution in [3.63, 3.8) is 0 Å². The van der Waals surface area contributed by atoms with Gasteiger partial charge in [-0.3, -0.25) is 9.59 Å². The smallest absolute Gasteiger partial charge is 0.303 e. The fourth-order valence-electron chi connectivity index (χ4n) is 4.25. The molecule has 0 unspecified atom stereocenters. The number of rotatable bonds is 8. The summed E-state index contributed by atoms with van der Waals surface area (Å²) in [6, 6.07) is 25.2. The molecule has 178 valence electrons. The molecule has 0 aliphatic carbocycles. The maximum Gasteiger partial charge on any atom is 0.303 e. The van der Waals surface area contributed by atoms with Crippen molar-refractivity contribution in [3.8, 4) is 11.5 Å². The summed E-state index contributed by atoms with van der Waals surface area (Å²) in [5.41, 5.74) is 4.25. The maximum atomic E-state index is 13.4. The molecule has 4 rings (SSSR count). The number of hydrogen-bond donors (Lipinski definition) is 2. The third-order valence-electron chi connectivity index (χ3n) is 5.99. The van der Waals surface area contributed by atoms with Crippen LogP contribution >= 0.6 is 0 Å². The quantitative estimate of drug-likeness (QED) is 0.300. The lowest BCUT2D eigenvalue weighted by molar-refractivity contribution is -0.136. The Balaban J connectivity index is 1.60. The minimum Gasteiger partial charge on any atom is -0.481 e. The highest BCUT2D eigenvalue weighted by molar-refractivity contribution is 5.96. The first kappa shape index (κ1) is 24.0. The molecule has 1 atom stereocenters. The van der Waals surface area contributed by atoms with Crippen LogP contribution in [-0.2, 0) is 11.2 Å². The van der Waals surface area contributed by atoms with E-state index in [-0.39, 0.29) is 24.8 Å². The van der Waals surface area contributed by atoms with E-state index in [4.69, 9.17) is 9.84 Å². The van der Waals surface area contributed by atoms with Crippen LogP contribution in [0.25, 0.3) is 10.8 Å². The Kier molecular flexibility index (Phi) is 7.16. The highest BCUT2D eigenvalue weighted by Gasteiger charge is 2.17. The van der Waals surface area contributed by atoms with E-state index in [1.807, 2.05) is 63.2 Å². The van der Waals surface area contributed by atoms with Crippen LogP contribution in [0.2, 0.25) is 0 Å². The molecule has 0 heterocycles. The number of aliphatic carboxylic acids is 1. The zero-order valence-corrected chi connectivity index (χ0v) is 20.2. The van der Waals surface area contributed by atoms with Crippen molar-refractivity contribution in [2.45, 2.75) is 39.7 Å². The largest absolute Gasteiger partial charge is 0.481 e. The lowest BCUT2D eigenvalue weighted by atomic mass is 10.00. The number of carbonyl (C=O) groups is 2. The molecule has 0 saturated carbocycles. The summed E-state index contributed by atoms with van der Waals surface area (Å²) in [4.78, 5) is 24.5. The average molecular weight is 468 g/mol. The Bertz CT molecular complexity index is 1370. The molecule has 0 aliphatic heterocycles. The molecule has 5 nitrogen and oxygen atoms in total. The Morgan fingerprint density at radius 1 is 0.857 bits per heavy atom. The first-order valence-corrected chi connectivity index (χ1v) is 11.7. The number of amides is 1. The fraction of sp³-hybridized carbons (Fsp3) is 0.200. The summed E-state index contributed by atoms with van der Waals surface area (Å²) in [5, 5.41) is 14.5. The molecule has 0 aliphatic rings. The lowest BCUT2D eigenvalue weighted by Crippen LogP contribution is -2.27. The molecular formula is C30H29NO4. The molecule has 4 aromatic rings. The van der Waals surface area contributed by atoms with Gasteiger partial charge in [0.25, 0.3) is 5.91 Å². The van der Waals surface area contributed by atoms with Crippen molar-refractivity contribution in [1.82, 2.24) is 5.32 Å². The zero-order chi connectivity index (χ0) is 24.9. The summed E-state index contributed by atoms with van der Waals surface area (Å²) < 4.78 is 6.05. The summed E-state index contributed by atoms with van der Waals surface area (Å²) in [7, 11) is 0. The summed E-state index contributed by atoms with van der Waals surface area (Å²) >= 11 is 0. The van der Waals surface area contributed by atoms with Crippen molar-refractivity contribution in [2.75, 3.05) is 0 Å². The Morgan fingerprint density at radius 3 is 2.29 bits per heavy atom. The fourth-order valence-corrected chi connectivity index (χ4v) is 4.25. The van der Waals surface area contributed by atoms with E-state index in [1.54, 1.807) is 18.2 Å². The number of carbonyl (C=O) groups excluding carboxylic acids is 1. The number of aryl methyl sites for hydroxylation is 3. The van der Waals surface area contributed by atoms with Gasteiger partial charge in [0.1, 0.15) is 11.5 Å². The molecule has 0 saturated heterocycles. The molecule has 0 fully saturated rings. The van der Waals surface area contributed by atoms with Crippen LogP contribution in [0.1, 0.15) is 52.0 Å². The van der Waals surface area contributed by atoms with Crippen LogP contribution in [-0.4, -0.2) is 17.0 Å². The van der Waals surface area contributed by atoms with Gasteiger partial charge in [-0.15, -0.1) is 0 Å². The summed E-state index contributed by atoms with van der Waals surface area (Å²) in [6.45, 7) is 5.94. The molecule has 0 radical (unpaired) electrons. The minimum atomic E-state index is -0.906. The van der Waals surface area contributed by atoms with E-state index in [1.165, 1.54) is 0 Å². The third-order valence-corrected chi connectivity index (χ3v) is 5.99. The maximum absolute atomic E-state index is 13.4. The molecule has 35 heavy (non-hydrogen) atoms. The van der Waals surface area contributed by atoms with Crippen LogP contribution in [0.4, 0.5) is 0 Å². The molecule has 1 amide bonds. The molecule has 4 aromatic carbocycles. The number of carboxylic acids is 1. The second-order valence-corrected chi connectivity index (χ2v) is 8.94. The normalized spacial score (nSPS) is 11.7. The number of nitrogens with one attached hydrogen (secondary N) is 1. The van der Waals surface area contributed by atoms with Crippen molar-refractivity contribution >= 4 is 22.6 Å². The summed E-state index contributed by atoms with van der Waals surface area (Å²) in [5.74, 6) is 0.0441. The van der Waals surface area contributed by atoms with Crippen LogP contribution in [0.3, 0.4) is 0 Å². The van der Waals surface area contributed by atoms with Gasteiger partial charge in [-0.1, -0.05) is 48.5 Å². The zero-order valence-electron chi connectivity index (χ0n) is 20.2. The van der Waals surface area contributed by atoms with Gasteiger partial charge in [0, 0.05) is 12.0 Å². The highest BCUT2D eigenvalue weighted by Crippen LogP contribution is 2.27. The third kappa shape index (κ3) is 6.07. The number of carboxylic acid groups (broad SMARTS) is 1. The van der Waals surface area contributed by atoms with Gasteiger partial charge < -0.3 is 15.2 Å². The molecule has 5 heteroatoms. The SMILES string of the molecule is Cc1cc(C)cc(Oc2ccc(CCC(=O)O)c(C(=O)N[C@H](C)c3ccc4ccccc4c3)c2)c1. The Morgan fingerprint density at radius 2 is 1.57 bits per heavy atom. The van der Waals surface area contributed by atoms with Crippen LogP contribution in [0.5, 0.6) is 11.5 Å². The Labute approximate surface area is 205 Å². The number of benzene rings is 4. The monoisotopic (exact) mass is 467 g/mol. The van der Waals surface area contributed by atoms with Gasteiger partial charge in [0.05, 0.1) is 6.04 Å². The van der Waals surface area contributed by atoms with Gasteiger partial charge in [-0.2, -0.15) is 0 Å². The molecular weight excluding hydrogens is 438 g/mol. The Hall–Kier alpha value is -4.12. The van der Waals surface area contributed by atoms with E-state index < -0.39 is 5.97 Å². The predicted molar refractivity (Wildman–Crippen MR) is 138 cm³/mol. The van der Waals surface area contributed by atoms with Crippen molar-refractivity contribution in [1.29, 1.82) is 0 Å². The van der Waals surface area contributed by atoms with Gasteiger partial charge in [-0.25, -0.2) is 0 Å². The molecule has 2 N–H and O–H groups in total. The van der Waals surface area contributed by atoms with Crippen molar-refractivity contribution in [2.24, 2.45) is 0 Å². The predicted octanol–water partition coefficient (Wildman–Crippen LogP) is 6.76. The van der Waals surface area contributed by atoms with E-state index >= 15 is 0 Å². The standard InChI is InChI=1S/C30H29NO4/c1-19-14-20(2)16-27(15-19)35-26-12-10-23(11-13-29(32)33)28(18-26)30(34)31-21(3)24-9-8-22-6-4-5-7-25(22)17-24/h4-10,12,14-18,21H,11,13H2,1-3H3,(H,31,34)(H,32,33)/t21-/m1/s1. The molecule has 0 bridgehead atoms. The lowest BCUT2D eigenvalue weighted by Gasteiger charge is -2.18. The first-order chi connectivity index (χ1) is 16.8. The second kappa shape index (κ2) is 10.4. The van der Waals surface area contributed by atoms with E-state index in [9.17, 15) is 9.59 Å². The van der Waals surface area contributed by atoms with E-state index in [2.05, 4.69) is 23.5 Å². The van der Waals surface area contributed by atoms with Gasteiger partial charge >= 0.3 is 5.97 Å². The van der Waals surface area contributed by atoms with Crippen LogP contribution < -0.4 is 10.1 Å². The van der Waals surface area contributed by atoms with Crippen LogP contribution in [0.15, 0.2) is 78.9 Å². The van der Waals surface area contributed by atoms with Gasteiger partial charge in [-0.05, 0) is 90.6 Å². The summed E-state index contributed by atoms with van der Waals surface area (Å²) in [6.07, 6.45) is 0.198. The van der Waals surface area contributed by atoms with Crippen LogP contribution in [0, 0.1) is 13.8 Å². The average Bonchev–Trinajstić information content (AvgIpc) is 2.82. The van der Waals surface area contributed by atoms with E-state index in [0.717, 1.165) is 27.5 Å². The number of fused-ring (bicyclic) bond motifs is 1. The highest BCUT2D eigenvalue weighted by atomic mass is 16.5. The molecule has 0 spiro atoms. The minimum absolute atomic E-state index is 0.0578. The second-order valence-electron chi connectivity index (χ2n) is 8.94.